The molecule has 4 N–H and O–H groups in total. The minimum Gasteiger partial charge on any atom is -0.385 e. The first-order valence-electron chi connectivity index (χ1n) is 12.4. The second-order valence-corrected chi connectivity index (χ2v) is 8.95. The average molecular weight is 486 g/mol. The molecule has 2 heterocycles. The van der Waals surface area contributed by atoms with Crippen molar-refractivity contribution in [2.75, 3.05) is 55.3 Å². The first-order chi connectivity index (χ1) is 17.7. The predicted octanol–water partition coefficient (Wildman–Crippen LogP) is 4.06. The molecule has 0 radical (unpaired) electrons. The molecule has 0 bridgehead atoms. The van der Waals surface area contributed by atoms with Crippen LogP contribution in [0.15, 0.2) is 66.7 Å². The number of nitrogens with one attached hydrogen (secondary N) is 4. The average Bonchev–Trinajstić information content (AvgIpc) is 3.32. The summed E-state index contributed by atoms with van der Waals surface area (Å²) in [6, 6.07) is 20.9. The topological polar surface area (TPSA) is 94.7 Å². The van der Waals surface area contributed by atoms with Crippen molar-refractivity contribution in [3.8, 4) is 0 Å². The number of nitrogens with zero attached hydrogens (tertiary/aromatic N) is 1. The Bertz CT molecular complexity index is 1210. The van der Waals surface area contributed by atoms with Crippen LogP contribution in [-0.4, -0.2) is 56.1 Å². The summed E-state index contributed by atoms with van der Waals surface area (Å²) in [5.74, 6) is -0.437. The van der Waals surface area contributed by atoms with E-state index in [-0.39, 0.29) is 11.8 Å². The van der Waals surface area contributed by atoms with E-state index >= 15 is 0 Å². The number of fused-ring (bicyclic) bond motifs is 1. The molecule has 2 amide bonds. The van der Waals surface area contributed by atoms with Crippen molar-refractivity contribution in [1.29, 1.82) is 0 Å². The Hall–Kier alpha value is -3.88. The van der Waals surface area contributed by atoms with Crippen LogP contribution in [0.2, 0.25) is 0 Å². The van der Waals surface area contributed by atoms with Gasteiger partial charge in [-0.15, -0.1) is 0 Å². The van der Waals surface area contributed by atoms with E-state index < -0.39 is 0 Å². The molecule has 2 aliphatic rings. The standard InChI is InChI=1S/C28H31N5O3/c34-27(20-7-9-21(10-8-20)29-13-4-14-33-15-17-36-18-16-33)32-25-12-11-24(23-19-30-28(35)26(23)25)31-22-5-2-1-3-6-22/h1-3,5-12,29,31H,4,13-19H2,(H,30,35)(H,32,34). The molecule has 1 fully saturated rings. The molecular weight excluding hydrogens is 454 g/mol. The van der Waals surface area contributed by atoms with Crippen LogP contribution in [0, 0.1) is 0 Å². The fraction of sp³-hybridized carbons (Fsp3) is 0.286. The molecule has 0 aliphatic carbocycles. The van der Waals surface area contributed by atoms with Crippen molar-refractivity contribution in [2.24, 2.45) is 0 Å². The number of hydrogen-bond acceptors (Lipinski definition) is 6. The molecule has 5 rings (SSSR count). The fourth-order valence-electron chi connectivity index (χ4n) is 4.54. The number of carbonyl (C=O) groups excluding carboxylic acids is 2. The van der Waals surface area contributed by atoms with E-state index in [0.29, 0.717) is 23.4 Å². The molecule has 36 heavy (non-hydrogen) atoms. The van der Waals surface area contributed by atoms with Gasteiger partial charge in [0.05, 0.1) is 24.5 Å². The highest BCUT2D eigenvalue weighted by Gasteiger charge is 2.26. The van der Waals surface area contributed by atoms with Gasteiger partial charge in [0.25, 0.3) is 11.8 Å². The molecule has 0 aromatic heterocycles. The molecule has 0 atom stereocenters. The third-order valence-corrected chi connectivity index (χ3v) is 6.50. The maximum atomic E-state index is 12.9. The maximum Gasteiger partial charge on any atom is 0.255 e. The summed E-state index contributed by atoms with van der Waals surface area (Å²) >= 11 is 0. The van der Waals surface area contributed by atoms with E-state index in [1.165, 1.54) is 0 Å². The minimum atomic E-state index is -0.250. The van der Waals surface area contributed by atoms with E-state index in [1.54, 1.807) is 18.2 Å². The number of amides is 2. The van der Waals surface area contributed by atoms with E-state index in [0.717, 1.165) is 68.4 Å². The maximum absolute atomic E-state index is 12.9. The second kappa shape index (κ2) is 11.2. The van der Waals surface area contributed by atoms with Gasteiger partial charge < -0.3 is 26.0 Å². The Morgan fingerprint density at radius 3 is 2.44 bits per heavy atom. The Labute approximate surface area is 211 Å². The van der Waals surface area contributed by atoms with Crippen LogP contribution in [-0.2, 0) is 11.3 Å². The number of benzene rings is 3. The number of rotatable bonds is 9. The fourth-order valence-corrected chi connectivity index (χ4v) is 4.54. The lowest BCUT2D eigenvalue weighted by Crippen LogP contribution is -2.37. The Morgan fingerprint density at radius 2 is 1.67 bits per heavy atom. The van der Waals surface area contributed by atoms with E-state index in [1.807, 2.05) is 48.5 Å². The number of morpholine rings is 1. The zero-order chi connectivity index (χ0) is 24.7. The third kappa shape index (κ3) is 5.67. The van der Waals surface area contributed by atoms with Crippen LogP contribution < -0.4 is 21.3 Å². The summed E-state index contributed by atoms with van der Waals surface area (Å²) in [7, 11) is 0. The van der Waals surface area contributed by atoms with Gasteiger partial charge in [0.15, 0.2) is 0 Å². The third-order valence-electron chi connectivity index (χ3n) is 6.50. The van der Waals surface area contributed by atoms with Gasteiger partial charge in [0, 0.05) is 54.4 Å². The quantitative estimate of drug-likeness (QED) is 0.342. The normalized spacial score (nSPS) is 15.2. The van der Waals surface area contributed by atoms with Crippen molar-refractivity contribution in [2.45, 2.75) is 13.0 Å². The summed E-state index contributed by atoms with van der Waals surface area (Å²) in [6.07, 6.45) is 1.05. The number of hydrogen-bond donors (Lipinski definition) is 4. The molecule has 8 heteroatoms. The van der Waals surface area contributed by atoms with Crippen molar-refractivity contribution in [1.82, 2.24) is 10.2 Å². The lowest BCUT2D eigenvalue weighted by atomic mass is 10.0. The first kappa shape index (κ1) is 23.8. The van der Waals surface area contributed by atoms with Gasteiger partial charge in [-0.1, -0.05) is 18.2 Å². The van der Waals surface area contributed by atoms with Crippen molar-refractivity contribution in [3.63, 3.8) is 0 Å². The van der Waals surface area contributed by atoms with E-state index in [4.69, 9.17) is 4.74 Å². The highest BCUT2D eigenvalue weighted by Crippen LogP contribution is 2.33. The summed E-state index contributed by atoms with van der Waals surface area (Å²) in [6.45, 7) is 5.97. The van der Waals surface area contributed by atoms with Crippen LogP contribution in [0.1, 0.15) is 32.7 Å². The molecular formula is C28H31N5O3. The summed E-state index contributed by atoms with van der Waals surface area (Å²) < 4.78 is 5.38. The van der Waals surface area contributed by atoms with Gasteiger partial charge in [-0.25, -0.2) is 0 Å². The van der Waals surface area contributed by atoms with Crippen LogP contribution in [0.25, 0.3) is 0 Å². The molecule has 0 unspecified atom stereocenters. The van der Waals surface area contributed by atoms with Crippen molar-refractivity contribution < 1.29 is 14.3 Å². The molecule has 3 aromatic rings. The van der Waals surface area contributed by atoms with Gasteiger partial charge in [-0.05, 0) is 61.5 Å². The number of anilines is 4. The SMILES string of the molecule is O=C(Nc1ccc(Nc2ccccc2)c2c1C(=O)NC2)c1ccc(NCCCN2CCOCC2)cc1. The summed E-state index contributed by atoms with van der Waals surface area (Å²) in [5.41, 5.74) is 5.15. The van der Waals surface area contributed by atoms with Gasteiger partial charge in [-0.2, -0.15) is 0 Å². The molecule has 0 saturated carbocycles. The van der Waals surface area contributed by atoms with E-state index in [2.05, 4.69) is 26.2 Å². The lowest BCUT2D eigenvalue weighted by molar-refractivity contribution is 0.0378. The highest BCUT2D eigenvalue weighted by molar-refractivity contribution is 6.11. The van der Waals surface area contributed by atoms with Crippen molar-refractivity contribution in [3.05, 3.63) is 83.4 Å². The summed E-state index contributed by atoms with van der Waals surface area (Å²) in [4.78, 5) is 27.9. The van der Waals surface area contributed by atoms with Crippen molar-refractivity contribution >= 4 is 34.6 Å². The van der Waals surface area contributed by atoms with Gasteiger partial charge >= 0.3 is 0 Å². The zero-order valence-electron chi connectivity index (χ0n) is 20.2. The van der Waals surface area contributed by atoms with Gasteiger partial charge in [-0.3, -0.25) is 14.5 Å². The largest absolute Gasteiger partial charge is 0.385 e. The Kier molecular flexibility index (Phi) is 7.44. The zero-order valence-corrected chi connectivity index (χ0v) is 20.2. The number of ether oxygens (including phenoxy) is 1. The monoisotopic (exact) mass is 485 g/mol. The summed E-state index contributed by atoms with van der Waals surface area (Å²) in [5, 5.41) is 12.6. The van der Waals surface area contributed by atoms with Crippen LogP contribution in [0.5, 0.6) is 0 Å². The number of carbonyl (C=O) groups is 2. The molecule has 2 aliphatic heterocycles. The number of para-hydroxylation sites is 1. The molecule has 8 nitrogen and oxygen atoms in total. The Morgan fingerprint density at radius 1 is 0.917 bits per heavy atom. The highest BCUT2D eigenvalue weighted by atomic mass is 16.5. The molecule has 1 saturated heterocycles. The van der Waals surface area contributed by atoms with Crippen LogP contribution >= 0.6 is 0 Å². The molecule has 186 valence electrons. The van der Waals surface area contributed by atoms with E-state index in [9.17, 15) is 9.59 Å². The smallest absolute Gasteiger partial charge is 0.255 e. The first-order valence-corrected chi connectivity index (χ1v) is 12.4. The Balaban J connectivity index is 1.19. The predicted molar refractivity (Wildman–Crippen MR) is 142 cm³/mol. The lowest BCUT2D eigenvalue weighted by Gasteiger charge is -2.26. The van der Waals surface area contributed by atoms with Gasteiger partial charge in [0.1, 0.15) is 0 Å². The van der Waals surface area contributed by atoms with Crippen LogP contribution in [0.4, 0.5) is 22.7 Å². The second-order valence-electron chi connectivity index (χ2n) is 8.95. The molecule has 0 spiro atoms. The van der Waals surface area contributed by atoms with Gasteiger partial charge in [0.2, 0.25) is 0 Å². The van der Waals surface area contributed by atoms with Crippen LogP contribution in [0.3, 0.4) is 0 Å². The minimum absolute atomic E-state index is 0.186. The molecule has 3 aromatic carbocycles.